The molecule has 1 heterocycles. The number of likely N-dealkylation sites (N-methyl/N-ethyl adjacent to an activating group) is 1. The molecule has 0 bridgehead atoms. The highest BCUT2D eigenvalue weighted by Crippen LogP contribution is 2.28. The van der Waals surface area contributed by atoms with Crippen molar-refractivity contribution in [2.45, 2.75) is 17.7 Å². The third-order valence-corrected chi connectivity index (χ3v) is 5.37. The van der Waals surface area contributed by atoms with Gasteiger partial charge in [-0.3, -0.25) is 0 Å². The first-order chi connectivity index (χ1) is 9.39. The van der Waals surface area contributed by atoms with Crippen molar-refractivity contribution in [1.29, 1.82) is 5.26 Å². The third-order valence-electron chi connectivity index (χ3n) is 3.49. The van der Waals surface area contributed by atoms with Crippen LogP contribution in [0.5, 0.6) is 0 Å². The van der Waals surface area contributed by atoms with E-state index in [-0.39, 0.29) is 12.4 Å². The van der Waals surface area contributed by atoms with Crippen molar-refractivity contribution in [2.75, 3.05) is 20.3 Å². The van der Waals surface area contributed by atoms with Gasteiger partial charge in [-0.2, -0.15) is 9.57 Å². The molecule has 0 aromatic heterocycles. The fourth-order valence-electron chi connectivity index (χ4n) is 2.12. The Bertz CT molecular complexity index is 616. The predicted octanol–water partition coefficient (Wildman–Crippen LogP) is 1.27. The zero-order valence-electron chi connectivity index (χ0n) is 11.0. The van der Waals surface area contributed by atoms with Gasteiger partial charge in [0.2, 0.25) is 10.0 Å². The summed E-state index contributed by atoms with van der Waals surface area (Å²) in [6.07, 6.45) is 0.350. The summed E-state index contributed by atoms with van der Waals surface area (Å²) in [6.45, 7) is 0.437. The van der Waals surface area contributed by atoms with Crippen molar-refractivity contribution in [3.63, 3.8) is 0 Å². The largest absolute Gasteiger partial charge is 0.378 e. The Morgan fingerprint density at radius 2 is 2.10 bits per heavy atom. The van der Waals surface area contributed by atoms with E-state index in [0.717, 1.165) is 4.31 Å². The Balaban J connectivity index is 2.22. The lowest BCUT2D eigenvalue weighted by Crippen LogP contribution is -2.49. The van der Waals surface area contributed by atoms with E-state index in [1.807, 2.05) is 6.07 Å². The van der Waals surface area contributed by atoms with Gasteiger partial charge in [0.1, 0.15) is 11.4 Å². The van der Waals surface area contributed by atoms with Crippen LogP contribution in [0, 0.1) is 17.1 Å². The van der Waals surface area contributed by atoms with Crippen molar-refractivity contribution in [3.05, 3.63) is 35.6 Å². The quantitative estimate of drug-likeness (QED) is 0.839. The molecule has 5 nitrogen and oxygen atoms in total. The maximum atomic E-state index is 12.8. The topological polar surface area (TPSA) is 70.4 Å². The monoisotopic (exact) mass is 298 g/mol. The third kappa shape index (κ3) is 2.82. The highest BCUT2D eigenvalue weighted by atomic mass is 32.2. The Morgan fingerprint density at radius 3 is 2.60 bits per heavy atom. The lowest BCUT2D eigenvalue weighted by atomic mass is 10.0. The SMILES string of the molecule is CN(C1(C#N)CCOC1)S(=O)(=O)Cc1ccc(F)cc1. The van der Waals surface area contributed by atoms with E-state index in [4.69, 9.17) is 4.74 Å². The van der Waals surface area contributed by atoms with E-state index < -0.39 is 21.4 Å². The molecule has 1 aromatic carbocycles. The van der Waals surface area contributed by atoms with Gasteiger partial charge >= 0.3 is 0 Å². The van der Waals surface area contributed by atoms with E-state index in [0.29, 0.717) is 18.6 Å². The second-order valence-electron chi connectivity index (χ2n) is 4.80. The molecule has 0 aliphatic carbocycles. The molecular formula is C13H15FN2O3S. The van der Waals surface area contributed by atoms with Crippen LogP contribution in [0.2, 0.25) is 0 Å². The Morgan fingerprint density at radius 1 is 1.45 bits per heavy atom. The van der Waals surface area contributed by atoms with Crippen LogP contribution >= 0.6 is 0 Å². The number of nitriles is 1. The van der Waals surface area contributed by atoms with Gasteiger partial charge in [-0.15, -0.1) is 0 Å². The zero-order chi connectivity index (χ0) is 14.8. The predicted molar refractivity (Wildman–Crippen MR) is 70.6 cm³/mol. The fourth-order valence-corrected chi connectivity index (χ4v) is 3.64. The highest BCUT2D eigenvalue weighted by Gasteiger charge is 2.44. The fraction of sp³-hybridized carbons (Fsp3) is 0.462. The number of nitrogens with zero attached hydrogens (tertiary/aromatic N) is 2. The van der Waals surface area contributed by atoms with Crippen LogP contribution in [0.15, 0.2) is 24.3 Å². The first-order valence-electron chi connectivity index (χ1n) is 6.10. The Labute approximate surface area is 117 Å². The smallest absolute Gasteiger partial charge is 0.219 e. The van der Waals surface area contributed by atoms with Crippen LogP contribution in [0.3, 0.4) is 0 Å². The molecule has 7 heteroatoms. The molecule has 1 aliphatic heterocycles. The summed E-state index contributed by atoms with van der Waals surface area (Å²) in [5.41, 5.74) is -0.663. The number of halogens is 1. The van der Waals surface area contributed by atoms with Crippen LogP contribution in [0.4, 0.5) is 4.39 Å². The maximum Gasteiger partial charge on any atom is 0.219 e. The van der Waals surface area contributed by atoms with E-state index in [1.165, 1.54) is 31.3 Å². The van der Waals surface area contributed by atoms with E-state index >= 15 is 0 Å². The molecule has 1 atom stereocenters. The van der Waals surface area contributed by atoms with Gasteiger partial charge in [0.15, 0.2) is 0 Å². The number of hydrogen-bond acceptors (Lipinski definition) is 4. The molecule has 0 saturated carbocycles. The summed E-state index contributed by atoms with van der Waals surface area (Å²) < 4.78 is 43.8. The lowest BCUT2D eigenvalue weighted by molar-refractivity contribution is 0.162. The van der Waals surface area contributed by atoms with Crippen LogP contribution in [-0.4, -0.2) is 38.5 Å². The number of ether oxygens (including phenoxy) is 1. The van der Waals surface area contributed by atoms with Crippen LogP contribution in [0.25, 0.3) is 0 Å². The second kappa shape index (κ2) is 5.48. The maximum absolute atomic E-state index is 12.8. The summed E-state index contributed by atoms with van der Waals surface area (Å²) in [7, 11) is -2.29. The van der Waals surface area contributed by atoms with Crippen molar-refractivity contribution in [2.24, 2.45) is 0 Å². The molecule has 0 amide bonds. The molecule has 1 fully saturated rings. The van der Waals surface area contributed by atoms with Gasteiger partial charge in [-0.1, -0.05) is 12.1 Å². The average molecular weight is 298 g/mol. The second-order valence-corrected chi connectivity index (χ2v) is 6.80. The molecule has 1 unspecified atom stereocenters. The van der Waals surface area contributed by atoms with E-state index in [9.17, 15) is 18.1 Å². The zero-order valence-corrected chi connectivity index (χ0v) is 11.9. The van der Waals surface area contributed by atoms with Crippen molar-refractivity contribution < 1.29 is 17.5 Å². The normalized spacial score (nSPS) is 22.9. The van der Waals surface area contributed by atoms with E-state index in [2.05, 4.69) is 0 Å². The van der Waals surface area contributed by atoms with Gasteiger partial charge in [0, 0.05) is 20.1 Å². The van der Waals surface area contributed by atoms with Gasteiger partial charge in [-0.05, 0) is 17.7 Å². The van der Waals surface area contributed by atoms with Crippen LogP contribution in [0.1, 0.15) is 12.0 Å². The standard InChI is InChI=1S/C13H15FN2O3S/c1-16(13(9-15)6-7-19-10-13)20(17,18)8-11-2-4-12(14)5-3-11/h2-5H,6-8,10H2,1H3. The van der Waals surface area contributed by atoms with Gasteiger partial charge < -0.3 is 4.74 Å². The van der Waals surface area contributed by atoms with Crippen LogP contribution < -0.4 is 0 Å². The minimum atomic E-state index is -3.67. The lowest BCUT2D eigenvalue weighted by Gasteiger charge is -2.30. The van der Waals surface area contributed by atoms with Crippen molar-refractivity contribution >= 4 is 10.0 Å². The summed E-state index contributed by atoms with van der Waals surface area (Å²) in [5.74, 6) is -0.690. The molecule has 0 spiro atoms. The van der Waals surface area contributed by atoms with E-state index in [1.54, 1.807) is 0 Å². The molecule has 2 rings (SSSR count). The summed E-state index contributed by atoms with van der Waals surface area (Å²) in [4.78, 5) is 0. The molecule has 1 saturated heterocycles. The molecule has 1 aromatic rings. The number of hydrogen-bond donors (Lipinski definition) is 0. The van der Waals surface area contributed by atoms with Gasteiger partial charge in [0.05, 0.1) is 18.4 Å². The minimum Gasteiger partial charge on any atom is -0.378 e. The first kappa shape index (κ1) is 14.9. The number of benzene rings is 1. The number of rotatable bonds is 4. The summed E-state index contributed by atoms with van der Waals surface area (Å²) in [6, 6.07) is 7.31. The Kier molecular flexibility index (Phi) is 4.09. The minimum absolute atomic E-state index is 0.0721. The highest BCUT2D eigenvalue weighted by molar-refractivity contribution is 7.88. The number of sulfonamides is 1. The summed E-state index contributed by atoms with van der Waals surface area (Å²) in [5, 5.41) is 9.27. The molecule has 20 heavy (non-hydrogen) atoms. The first-order valence-corrected chi connectivity index (χ1v) is 7.71. The van der Waals surface area contributed by atoms with Gasteiger partial charge in [0.25, 0.3) is 0 Å². The van der Waals surface area contributed by atoms with Crippen molar-refractivity contribution in [1.82, 2.24) is 4.31 Å². The molecule has 108 valence electrons. The molecule has 1 aliphatic rings. The average Bonchev–Trinajstić information content (AvgIpc) is 2.90. The Hall–Kier alpha value is -1.49. The van der Waals surface area contributed by atoms with Crippen molar-refractivity contribution in [3.8, 4) is 6.07 Å². The van der Waals surface area contributed by atoms with Crippen LogP contribution in [-0.2, 0) is 20.5 Å². The molecular weight excluding hydrogens is 283 g/mol. The molecule has 0 radical (unpaired) electrons. The van der Waals surface area contributed by atoms with Gasteiger partial charge in [-0.25, -0.2) is 12.8 Å². The molecule has 0 N–H and O–H groups in total. The summed E-state index contributed by atoms with van der Waals surface area (Å²) >= 11 is 0.